The zero-order valence-corrected chi connectivity index (χ0v) is 16.1. The molecular weight excluding hydrogens is 320 g/mol. The highest BCUT2D eigenvalue weighted by atomic mass is 16.2. The summed E-state index contributed by atoms with van der Waals surface area (Å²) in [6.07, 6.45) is 0.672. The van der Waals surface area contributed by atoms with Gasteiger partial charge < -0.3 is 9.88 Å². The van der Waals surface area contributed by atoms with Crippen LogP contribution >= 0.6 is 0 Å². The van der Waals surface area contributed by atoms with Crippen LogP contribution in [0.5, 0.6) is 0 Å². The summed E-state index contributed by atoms with van der Waals surface area (Å²) >= 11 is 0. The maximum Gasteiger partial charge on any atom is 0.253 e. The lowest BCUT2D eigenvalue weighted by Gasteiger charge is -2.18. The second-order valence-corrected chi connectivity index (χ2v) is 6.84. The summed E-state index contributed by atoms with van der Waals surface area (Å²) < 4.78 is 0. The molecule has 0 unspecified atom stereocenters. The highest BCUT2D eigenvalue weighted by Crippen LogP contribution is 2.32. The van der Waals surface area contributed by atoms with E-state index in [1.165, 1.54) is 22.3 Å². The van der Waals surface area contributed by atoms with Crippen LogP contribution in [0, 0.1) is 20.8 Å². The number of nitrogens with zero attached hydrogens (tertiary/aromatic N) is 1. The van der Waals surface area contributed by atoms with Gasteiger partial charge in [-0.15, -0.1) is 0 Å². The Morgan fingerprint density at radius 1 is 1.04 bits per heavy atom. The number of fused-ring (bicyclic) bond motifs is 1. The molecule has 0 fully saturated rings. The maximum atomic E-state index is 12.7. The molecule has 26 heavy (non-hydrogen) atoms. The Balaban J connectivity index is 2.14. The number of aromatic amines is 1. The van der Waals surface area contributed by atoms with E-state index in [-0.39, 0.29) is 5.91 Å². The third kappa shape index (κ3) is 3.26. The fourth-order valence-electron chi connectivity index (χ4n) is 3.70. The first-order chi connectivity index (χ1) is 12.5. The average molecular weight is 347 g/mol. The Labute approximate surface area is 156 Å². The number of hydrogen-bond donors (Lipinski definition) is 1. The van der Waals surface area contributed by atoms with Gasteiger partial charge in [0.1, 0.15) is 0 Å². The van der Waals surface area contributed by atoms with Gasteiger partial charge in [0.25, 0.3) is 5.91 Å². The minimum absolute atomic E-state index is 0.0843. The topological polar surface area (TPSA) is 36.1 Å². The van der Waals surface area contributed by atoms with E-state index in [0.29, 0.717) is 6.42 Å². The molecule has 0 bridgehead atoms. The quantitative estimate of drug-likeness (QED) is 0.667. The number of carbonyl (C=O) groups is 1. The molecule has 135 valence electrons. The van der Waals surface area contributed by atoms with Gasteiger partial charge in [0.2, 0.25) is 0 Å². The van der Waals surface area contributed by atoms with Crippen LogP contribution in [0.15, 0.2) is 36.4 Å². The molecule has 1 amide bonds. The predicted molar refractivity (Wildman–Crippen MR) is 110 cm³/mol. The van der Waals surface area contributed by atoms with Crippen LogP contribution < -0.4 is 0 Å². The molecule has 0 spiro atoms. The summed E-state index contributed by atoms with van der Waals surface area (Å²) in [6, 6.07) is 12.5. The first-order valence-corrected chi connectivity index (χ1v) is 9.30. The van der Waals surface area contributed by atoms with Gasteiger partial charge >= 0.3 is 0 Å². The molecule has 0 aliphatic heterocycles. The second-order valence-electron chi connectivity index (χ2n) is 6.84. The Kier molecular flexibility index (Phi) is 5.17. The van der Waals surface area contributed by atoms with Crippen LogP contribution in [-0.4, -0.2) is 28.9 Å². The zero-order valence-electron chi connectivity index (χ0n) is 16.1. The van der Waals surface area contributed by atoms with Crippen LogP contribution in [0.4, 0.5) is 0 Å². The Bertz CT molecular complexity index is 928. The molecular formula is C23H27N2O. The third-order valence-electron chi connectivity index (χ3n) is 4.96. The summed E-state index contributed by atoms with van der Waals surface area (Å²) in [4.78, 5) is 18.1. The average Bonchev–Trinajstić information content (AvgIpc) is 2.99. The van der Waals surface area contributed by atoms with E-state index in [1.807, 2.05) is 36.9 Å². The summed E-state index contributed by atoms with van der Waals surface area (Å²) in [7, 11) is 0. The van der Waals surface area contributed by atoms with Crippen LogP contribution in [0.2, 0.25) is 0 Å². The highest BCUT2D eigenvalue weighted by molar-refractivity contribution is 6.00. The van der Waals surface area contributed by atoms with Gasteiger partial charge in [0, 0.05) is 35.2 Å². The zero-order chi connectivity index (χ0) is 18.8. The van der Waals surface area contributed by atoms with Crippen molar-refractivity contribution in [2.45, 2.75) is 34.1 Å². The standard InChI is InChI=1S/C23H27N2O/c1-6-19-20-14-17(23(26)25(7-2)8-3)9-10-21(20)24-22(19)18-12-15(4)11-16(5)13-18/h9-14,24H,1,6-8H2,2-5H3. The van der Waals surface area contributed by atoms with Gasteiger partial charge in [0.15, 0.2) is 0 Å². The van der Waals surface area contributed by atoms with Gasteiger partial charge in [-0.1, -0.05) is 17.2 Å². The second kappa shape index (κ2) is 7.36. The van der Waals surface area contributed by atoms with Crippen LogP contribution in [-0.2, 0) is 6.42 Å². The Morgan fingerprint density at radius 2 is 1.69 bits per heavy atom. The maximum absolute atomic E-state index is 12.7. The largest absolute Gasteiger partial charge is 0.354 e. The lowest BCUT2D eigenvalue weighted by molar-refractivity contribution is 0.0773. The summed E-state index contributed by atoms with van der Waals surface area (Å²) in [5.74, 6) is 0.0843. The van der Waals surface area contributed by atoms with E-state index in [1.54, 1.807) is 0 Å². The molecule has 1 heterocycles. The molecule has 0 aliphatic carbocycles. The number of H-pyrrole nitrogens is 1. The molecule has 1 aromatic heterocycles. The minimum atomic E-state index is 0.0843. The number of aryl methyl sites for hydroxylation is 2. The van der Waals surface area contributed by atoms with Crippen molar-refractivity contribution in [3.63, 3.8) is 0 Å². The van der Waals surface area contributed by atoms with Gasteiger partial charge in [-0.25, -0.2) is 0 Å². The van der Waals surface area contributed by atoms with Crippen LogP contribution in [0.1, 0.15) is 40.9 Å². The normalized spacial score (nSPS) is 11.1. The number of rotatable bonds is 5. The van der Waals surface area contributed by atoms with Crippen LogP contribution in [0.25, 0.3) is 22.2 Å². The molecule has 3 rings (SSSR count). The summed E-state index contributed by atoms with van der Waals surface area (Å²) in [5, 5.41) is 1.09. The molecule has 3 heteroatoms. The van der Waals surface area contributed by atoms with Crippen molar-refractivity contribution in [1.29, 1.82) is 0 Å². The van der Waals surface area contributed by atoms with Gasteiger partial charge in [-0.2, -0.15) is 0 Å². The van der Waals surface area contributed by atoms with E-state index in [4.69, 9.17) is 0 Å². The van der Waals surface area contributed by atoms with Crippen molar-refractivity contribution in [2.75, 3.05) is 13.1 Å². The van der Waals surface area contributed by atoms with Crippen molar-refractivity contribution in [2.24, 2.45) is 0 Å². The highest BCUT2D eigenvalue weighted by Gasteiger charge is 2.17. The number of aromatic nitrogens is 1. The number of amides is 1. The molecule has 0 aliphatic rings. The van der Waals surface area contributed by atoms with Crippen molar-refractivity contribution in [3.8, 4) is 11.3 Å². The smallest absolute Gasteiger partial charge is 0.253 e. The van der Waals surface area contributed by atoms with E-state index in [0.717, 1.165) is 35.2 Å². The monoisotopic (exact) mass is 347 g/mol. The Morgan fingerprint density at radius 3 is 2.27 bits per heavy atom. The van der Waals surface area contributed by atoms with E-state index in [9.17, 15) is 4.79 Å². The predicted octanol–water partition coefficient (Wildman–Crippen LogP) is 5.31. The molecule has 3 nitrogen and oxygen atoms in total. The number of carbonyl (C=O) groups excluding carboxylic acids is 1. The molecule has 0 atom stereocenters. The first kappa shape index (κ1) is 18.2. The van der Waals surface area contributed by atoms with Gasteiger partial charge in [0.05, 0.1) is 0 Å². The van der Waals surface area contributed by atoms with E-state index < -0.39 is 0 Å². The van der Waals surface area contributed by atoms with Gasteiger partial charge in [-0.3, -0.25) is 4.79 Å². The van der Waals surface area contributed by atoms with Crippen molar-refractivity contribution >= 4 is 16.8 Å². The number of hydrogen-bond acceptors (Lipinski definition) is 1. The van der Waals surface area contributed by atoms with Crippen molar-refractivity contribution in [3.05, 3.63) is 65.6 Å². The molecule has 3 aromatic rings. The fourth-order valence-corrected chi connectivity index (χ4v) is 3.70. The lowest BCUT2D eigenvalue weighted by atomic mass is 9.99. The van der Waals surface area contributed by atoms with Crippen molar-refractivity contribution in [1.82, 2.24) is 9.88 Å². The third-order valence-corrected chi connectivity index (χ3v) is 4.96. The molecule has 0 saturated heterocycles. The van der Waals surface area contributed by atoms with Crippen LogP contribution in [0.3, 0.4) is 0 Å². The molecule has 1 N–H and O–H groups in total. The Hall–Kier alpha value is -2.55. The SMILES string of the molecule is [CH2]Cc1c(-c2cc(C)cc(C)c2)[nH]c2ccc(C(=O)N(CC)CC)cc12. The van der Waals surface area contributed by atoms with E-state index in [2.05, 4.69) is 44.0 Å². The fraction of sp³-hybridized carbons (Fsp3) is 0.304. The number of benzene rings is 2. The molecule has 1 radical (unpaired) electrons. The summed E-state index contributed by atoms with van der Waals surface area (Å²) in [5.41, 5.74) is 7.72. The summed E-state index contributed by atoms with van der Waals surface area (Å²) in [6.45, 7) is 13.8. The first-order valence-electron chi connectivity index (χ1n) is 9.30. The van der Waals surface area contributed by atoms with Gasteiger partial charge in [-0.05, 0) is 82.5 Å². The molecule has 0 saturated carbocycles. The van der Waals surface area contributed by atoms with E-state index >= 15 is 0 Å². The number of nitrogens with one attached hydrogen (secondary N) is 1. The lowest BCUT2D eigenvalue weighted by Crippen LogP contribution is -2.30. The van der Waals surface area contributed by atoms with Crippen molar-refractivity contribution < 1.29 is 4.79 Å². The molecule has 2 aromatic carbocycles. The minimum Gasteiger partial charge on any atom is -0.354 e.